The molecule has 0 amide bonds. The predicted molar refractivity (Wildman–Crippen MR) is 275 cm³/mol. The second-order valence-corrected chi connectivity index (χ2v) is 17.6. The molecule has 12 rings (SSSR count). The van der Waals surface area contributed by atoms with E-state index >= 15 is 0 Å². The maximum atomic E-state index is 5.34. The van der Waals surface area contributed by atoms with Crippen LogP contribution in [0, 0.1) is 0 Å². The SMILES string of the molecule is CC1=C(c2ccccc2)N=C(c2cccc(-c3ccc4c(c3)c3ccccc3c3cccc(-c5ccc6c(c5)-c5ccccc5CCC6c5ccccc5)c34)c2)N=C(c2ccccc2)C1. The van der Waals surface area contributed by atoms with Gasteiger partial charge in [-0.05, 0) is 131 Å². The van der Waals surface area contributed by atoms with Gasteiger partial charge in [0.2, 0.25) is 0 Å². The number of amidine groups is 1. The van der Waals surface area contributed by atoms with Gasteiger partial charge in [0.1, 0.15) is 0 Å². The van der Waals surface area contributed by atoms with Crippen LogP contribution in [0.5, 0.6) is 0 Å². The number of allylic oxidation sites excluding steroid dienone is 1. The highest BCUT2D eigenvalue weighted by Crippen LogP contribution is 2.46. The third-order valence-electron chi connectivity index (χ3n) is 13.7. The number of benzene rings is 10. The molecule has 1 unspecified atom stereocenters. The van der Waals surface area contributed by atoms with Gasteiger partial charge in [0.05, 0.1) is 11.4 Å². The lowest BCUT2D eigenvalue weighted by molar-refractivity contribution is 0.726. The van der Waals surface area contributed by atoms with Crippen molar-refractivity contribution >= 4 is 49.6 Å². The lowest BCUT2D eigenvalue weighted by atomic mass is 9.83. The fourth-order valence-corrected chi connectivity index (χ4v) is 10.6. The molecule has 2 heteroatoms. The minimum atomic E-state index is 0.334. The van der Waals surface area contributed by atoms with E-state index in [1.165, 1.54) is 76.8 Å². The summed E-state index contributed by atoms with van der Waals surface area (Å²) < 4.78 is 0. The normalized spacial score (nSPS) is 14.9. The standard InChI is InChI=1S/C63H46N2/c1-41-37-60(44-20-7-3-8-21-44)64-63(65-62(41)45-22-9-4-10-23-45)49-25-15-24-46(38-49)47-32-36-57-59(39-47)54-28-14-13-27-53(54)56-30-16-29-52(61(56)57)48-33-35-55-51(42-17-5-2-6-18-42)34-31-43-19-11-12-26-50(43)58(55)40-48/h2-30,32-33,35-36,38-40,51H,31,34,37H2,1H3. The molecule has 0 spiro atoms. The molecule has 65 heavy (non-hydrogen) atoms. The Morgan fingerprint density at radius 1 is 0.400 bits per heavy atom. The zero-order valence-electron chi connectivity index (χ0n) is 36.4. The Bertz CT molecular complexity index is 3560. The van der Waals surface area contributed by atoms with Crippen LogP contribution < -0.4 is 0 Å². The van der Waals surface area contributed by atoms with Crippen molar-refractivity contribution in [3.63, 3.8) is 0 Å². The van der Waals surface area contributed by atoms with Crippen LogP contribution in [-0.4, -0.2) is 11.5 Å². The third kappa shape index (κ3) is 6.99. The summed E-state index contributed by atoms with van der Waals surface area (Å²) in [5.74, 6) is 1.06. The third-order valence-corrected chi connectivity index (χ3v) is 13.7. The summed E-state index contributed by atoms with van der Waals surface area (Å²) in [5.41, 5.74) is 18.1. The maximum Gasteiger partial charge on any atom is 0.160 e. The zero-order valence-corrected chi connectivity index (χ0v) is 36.4. The first kappa shape index (κ1) is 38.7. The minimum absolute atomic E-state index is 0.334. The van der Waals surface area contributed by atoms with Crippen molar-refractivity contribution in [3.05, 3.63) is 257 Å². The Labute approximate surface area is 380 Å². The topological polar surface area (TPSA) is 24.7 Å². The summed E-state index contributed by atoms with van der Waals surface area (Å²) in [4.78, 5) is 10.7. The molecule has 0 aromatic heterocycles. The zero-order chi connectivity index (χ0) is 43.3. The molecule has 0 N–H and O–H groups in total. The highest BCUT2D eigenvalue weighted by atomic mass is 14.9. The lowest BCUT2D eigenvalue weighted by Crippen LogP contribution is -2.05. The Morgan fingerprint density at radius 2 is 1.00 bits per heavy atom. The van der Waals surface area contributed by atoms with Crippen molar-refractivity contribution in [2.45, 2.75) is 32.1 Å². The predicted octanol–water partition coefficient (Wildman–Crippen LogP) is 16.3. The first-order valence-electron chi connectivity index (χ1n) is 22.9. The molecule has 0 fully saturated rings. The smallest absolute Gasteiger partial charge is 0.160 e. The first-order valence-corrected chi connectivity index (χ1v) is 22.9. The molecule has 2 nitrogen and oxygen atoms in total. The molecule has 10 aromatic rings. The summed E-state index contributed by atoms with van der Waals surface area (Å²) in [6.07, 6.45) is 2.87. The molecule has 1 heterocycles. The Balaban J connectivity index is 1.01. The first-order chi connectivity index (χ1) is 32.1. The van der Waals surface area contributed by atoms with Crippen LogP contribution >= 0.6 is 0 Å². The van der Waals surface area contributed by atoms with Crippen molar-refractivity contribution < 1.29 is 0 Å². The van der Waals surface area contributed by atoms with Gasteiger partial charge in [-0.1, -0.05) is 200 Å². The quantitative estimate of drug-likeness (QED) is 0.149. The second-order valence-electron chi connectivity index (χ2n) is 17.6. The summed E-state index contributed by atoms with van der Waals surface area (Å²) in [7, 11) is 0. The fourth-order valence-electron chi connectivity index (χ4n) is 10.6. The van der Waals surface area contributed by atoms with Gasteiger partial charge in [-0.15, -0.1) is 0 Å². The number of nitrogens with zero attached hydrogens (tertiary/aromatic N) is 2. The van der Waals surface area contributed by atoms with Crippen LogP contribution in [0.2, 0.25) is 0 Å². The van der Waals surface area contributed by atoms with E-state index in [-0.39, 0.29) is 0 Å². The molecule has 1 aliphatic carbocycles. The van der Waals surface area contributed by atoms with E-state index in [1.807, 2.05) is 0 Å². The molecule has 0 radical (unpaired) electrons. The monoisotopic (exact) mass is 830 g/mol. The fraction of sp³-hybridized carbons (Fsp3) is 0.0794. The van der Waals surface area contributed by atoms with Crippen molar-refractivity contribution in [2.24, 2.45) is 9.98 Å². The Morgan fingerprint density at radius 3 is 1.82 bits per heavy atom. The van der Waals surface area contributed by atoms with Crippen molar-refractivity contribution in [1.29, 1.82) is 0 Å². The summed E-state index contributed by atoms with van der Waals surface area (Å²) in [6.45, 7) is 2.19. The lowest BCUT2D eigenvalue weighted by Gasteiger charge is -2.20. The van der Waals surface area contributed by atoms with Crippen LogP contribution in [0.25, 0.3) is 71.4 Å². The number of aliphatic imine (C=N–C) groups is 2. The van der Waals surface area contributed by atoms with Crippen LogP contribution in [0.15, 0.2) is 234 Å². The van der Waals surface area contributed by atoms with E-state index < -0.39 is 0 Å². The second kappa shape index (κ2) is 16.3. The molecule has 10 aromatic carbocycles. The van der Waals surface area contributed by atoms with Gasteiger partial charge in [-0.3, -0.25) is 0 Å². The van der Waals surface area contributed by atoms with Crippen LogP contribution in [0.4, 0.5) is 0 Å². The number of hydrogen-bond acceptors (Lipinski definition) is 2. The maximum absolute atomic E-state index is 5.34. The molecule has 2 aliphatic rings. The van der Waals surface area contributed by atoms with Gasteiger partial charge < -0.3 is 0 Å². The average molecular weight is 831 g/mol. The molecule has 0 saturated heterocycles. The van der Waals surface area contributed by atoms with E-state index in [0.29, 0.717) is 5.92 Å². The van der Waals surface area contributed by atoms with Crippen LogP contribution in [0.1, 0.15) is 59.1 Å². The molecular weight excluding hydrogens is 785 g/mol. The Kier molecular flexibility index (Phi) is 9.72. The average Bonchev–Trinajstić information content (AvgIpc) is 3.66. The molecule has 1 atom stereocenters. The van der Waals surface area contributed by atoms with Gasteiger partial charge in [-0.25, -0.2) is 9.98 Å². The molecule has 0 saturated carbocycles. The van der Waals surface area contributed by atoms with Crippen molar-refractivity contribution in [2.75, 3.05) is 0 Å². The van der Waals surface area contributed by atoms with Gasteiger partial charge >= 0.3 is 0 Å². The molecule has 308 valence electrons. The number of fused-ring (bicyclic) bond motifs is 9. The molecular formula is C63H46N2. The molecule has 0 bridgehead atoms. The molecule has 1 aliphatic heterocycles. The number of rotatable bonds is 6. The largest absolute Gasteiger partial charge is 0.232 e. The summed E-state index contributed by atoms with van der Waals surface area (Å²) >= 11 is 0. The van der Waals surface area contributed by atoms with E-state index in [1.54, 1.807) is 0 Å². The number of hydrogen-bond donors (Lipinski definition) is 0. The Hall–Kier alpha value is -7.94. The van der Waals surface area contributed by atoms with Gasteiger partial charge in [0, 0.05) is 23.5 Å². The highest BCUT2D eigenvalue weighted by Gasteiger charge is 2.25. The van der Waals surface area contributed by atoms with Crippen LogP contribution in [0.3, 0.4) is 0 Å². The van der Waals surface area contributed by atoms with Crippen molar-refractivity contribution in [3.8, 4) is 33.4 Å². The van der Waals surface area contributed by atoms with Crippen LogP contribution in [-0.2, 0) is 6.42 Å². The summed E-state index contributed by atoms with van der Waals surface area (Å²) in [5, 5.41) is 7.57. The van der Waals surface area contributed by atoms with E-state index in [9.17, 15) is 0 Å². The van der Waals surface area contributed by atoms with E-state index in [2.05, 4.69) is 225 Å². The summed E-state index contributed by atoms with van der Waals surface area (Å²) in [6, 6.07) is 80.0. The van der Waals surface area contributed by atoms with Crippen molar-refractivity contribution in [1.82, 2.24) is 0 Å². The highest BCUT2D eigenvalue weighted by molar-refractivity contribution is 6.29. The van der Waals surface area contributed by atoms with Gasteiger partial charge in [0.25, 0.3) is 0 Å². The minimum Gasteiger partial charge on any atom is -0.232 e. The van der Waals surface area contributed by atoms with E-state index in [4.69, 9.17) is 9.98 Å². The van der Waals surface area contributed by atoms with Gasteiger partial charge in [0.15, 0.2) is 5.84 Å². The van der Waals surface area contributed by atoms with E-state index in [0.717, 1.165) is 64.3 Å². The van der Waals surface area contributed by atoms with Gasteiger partial charge in [-0.2, -0.15) is 0 Å². The number of aryl methyl sites for hydroxylation is 1.